The molecule has 0 aromatic heterocycles. The SMILES string of the molecule is CCN(CC(=O)NC(C)C)C(=O)/C=C/c1cccc2ccccc12. The van der Waals surface area contributed by atoms with Crippen LogP contribution >= 0.6 is 0 Å². The fraction of sp³-hybridized carbons (Fsp3) is 0.300. The first-order valence-corrected chi connectivity index (χ1v) is 8.25. The van der Waals surface area contributed by atoms with Crippen molar-refractivity contribution in [2.24, 2.45) is 0 Å². The van der Waals surface area contributed by atoms with Gasteiger partial charge >= 0.3 is 0 Å². The Bertz CT molecular complexity index is 745. The van der Waals surface area contributed by atoms with Gasteiger partial charge < -0.3 is 10.2 Å². The molecule has 4 heteroatoms. The molecule has 0 spiro atoms. The first kappa shape index (κ1) is 17.7. The van der Waals surface area contributed by atoms with Crippen LogP contribution in [-0.2, 0) is 9.59 Å². The molecule has 0 aliphatic heterocycles. The average molecular weight is 324 g/mol. The van der Waals surface area contributed by atoms with Gasteiger partial charge in [-0.25, -0.2) is 0 Å². The number of fused-ring (bicyclic) bond motifs is 1. The first-order chi connectivity index (χ1) is 11.5. The van der Waals surface area contributed by atoms with Crippen LogP contribution in [0.25, 0.3) is 16.8 Å². The molecule has 2 aromatic carbocycles. The van der Waals surface area contributed by atoms with Gasteiger partial charge in [-0.3, -0.25) is 9.59 Å². The molecule has 2 aromatic rings. The van der Waals surface area contributed by atoms with Crippen molar-refractivity contribution in [3.63, 3.8) is 0 Å². The van der Waals surface area contributed by atoms with E-state index in [1.807, 2.05) is 69.3 Å². The lowest BCUT2D eigenvalue weighted by Crippen LogP contribution is -2.42. The number of nitrogens with one attached hydrogen (secondary N) is 1. The maximum atomic E-state index is 12.4. The van der Waals surface area contributed by atoms with Crippen molar-refractivity contribution < 1.29 is 9.59 Å². The van der Waals surface area contributed by atoms with Gasteiger partial charge in [0.2, 0.25) is 11.8 Å². The quantitative estimate of drug-likeness (QED) is 0.829. The zero-order valence-electron chi connectivity index (χ0n) is 14.5. The van der Waals surface area contributed by atoms with Gasteiger partial charge in [0.05, 0.1) is 6.54 Å². The lowest BCUT2D eigenvalue weighted by Gasteiger charge is -2.19. The predicted octanol–water partition coefficient (Wildman–Crippen LogP) is 3.23. The third-order valence-electron chi connectivity index (χ3n) is 3.71. The van der Waals surface area contributed by atoms with Crippen molar-refractivity contribution >= 4 is 28.7 Å². The molecule has 0 heterocycles. The molecule has 0 aliphatic rings. The molecule has 2 amide bonds. The minimum absolute atomic E-state index is 0.0672. The van der Waals surface area contributed by atoms with Gasteiger partial charge in [-0.1, -0.05) is 42.5 Å². The summed E-state index contributed by atoms with van der Waals surface area (Å²) in [5, 5.41) is 5.04. The van der Waals surface area contributed by atoms with Gasteiger partial charge in [-0.2, -0.15) is 0 Å². The number of hydrogen-bond donors (Lipinski definition) is 1. The van der Waals surface area contributed by atoms with E-state index in [-0.39, 0.29) is 24.4 Å². The van der Waals surface area contributed by atoms with Gasteiger partial charge in [-0.05, 0) is 43.2 Å². The minimum Gasteiger partial charge on any atom is -0.352 e. The second-order valence-electron chi connectivity index (χ2n) is 5.98. The summed E-state index contributed by atoms with van der Waals surface area (Å²) < 4.78 is 0. The summed E-state index contributed by atoms with van der Waals surface area (Å²) in [6.07, 6.45) is 3.35. The molecule has 0 aliphatic carbocycles. The number of carbonyl (C=O) groups excluding carboxylic acids is 2. The Balaban J connectivity index is 2.11. The molecule has 2 rings (SSSR count). The summed E-state index contributed by atoms with van der Waals surface area (Å²) in [4.78, 5) is 25.7. The molecular weight excluding hydrogens is 300 g/mol. The molecule has 0 atom stereocenters. The van der Waals surface area contributed by atoms with Crippen LogP contribution < -0.4 is 5.32 Å². The lowest BCUT2D eigenvalue weighted by molar-refractivity contribution is -0.132. The second kappa shape index (κ2) is 8.29. The van der Waals surface area contributed by atoms with Crippen molar-refractivity contribution in [1.82, 2.24) is 10.2 Å². The summed E-state index contributed by atoms with van der Waals surface area (Å²) in [6.45, 7) is 6.23. The van der Waals surface area contributed by atoms with Crippen LogP contribution in [0, 0.1) is 0 Å². The highest BCUT2D eigenvalue weighted by molar-refractivity contribution is 5.98. The molecule has 4 nitrogen and oxygen atoms in total. The highest BCUT2D eigenvalue weighted by atomic mass is 16.2. The smallest absolute Gasteiger partial charge is 0.247 e. The molecule has 0 saturated carbocycles. The summed E-state index contributed by atoms with van der Waals surface area (Å²) in [5.41, 5.74) is 0.990. The standard InChI is InChI=1S/C20H24N2O2/c1-4-22(14-19(23)21-15(2)3)20(24)13-12-17-10-7-9-16-8-5-6-11-18(16)17/h5-13,15H,4,14H2,1-3H3,(H,21,23)/b13-12+. The Kier molecular flexibility index (Phi) is 6.13. The van der Waals surface area contributed by atoms with Crippen molar-refractivity contribution in [2.75, 3.05) is 13.1 Å². The van der Waals surface area contributed by atoms with E-state index in [9.17, 15) is 9.59 Å². The van der Waals surface area contributed by atoms with Crippen LogP contribution in [0.1, 0.15) is 26.3 Å². The highest BCUT2D eigenvalue weighted by Gasteiger charge is 2.13. The Hall–Kier alpha value is -2.62. The van der Waals surface area contributed by atoms with E-state index in [0.29, 0.717) is 6.54 Å². The lowest BCUT2D eigenvalue weighted by atomic mass is 10.0. The number of amides is 2. The van der Waals surface area contributed by atoms with Crippen LogP contribution in [0.5, 0.6) is 0 Å². The van der Waals surface area contributed by atoms with E-state index >= 15 is 0 Å². The number of rotatable bonds is 6. The van der Waals surface area contributed by atoms with E-state index in [0.717, 1.165) is 16.3 Å². The topological polar surface area (TPSA) is 49.4 Å². The van der Waals surface area contributed by atoms with Gasteiger partial charge in [0.25, 0.3) is 0 Å². The maximum absolute atomic E-state index is 12.4. The predicted molar refractivity (Wildman–Crippen MR) is 98.5 cm³/mol. The minimum atomic E-state index is -0.163. The molecule has 0 radical (unpaired) electrons. The highest BCUT2D eigenvalue weighted by Crippen LogP contribution is 2.19. The van der Waals surface area contributed by atoms with Crippen LogP contribution in [-0.4, -0.2) is 35.8 Å². The Morgan fingerprint density at radius 2 is 1.83 bits per heavy atom. The van der Waals surface area contributed by atoms with Crippen molar-refractivity contribution in [3.05, 3.63) is 54.1 Å². The fourth-order valence-electron chi connectivity index (χ4n) is 2.55. The zero-order valence-corrected chi connectivity index (χ0v) is 14.5. The number of benzene rings is 2. The molecular formula is C20H24N2O2. The third kappa shape index (κ3) is 4.69. The van der Waals surface area contributed by atoms with Crippen molar-refractivity contribution in [1.29, 1.82) is 0 Å². The molecule has 126 valence electrons. The fourth-order valence-corrected chi connectivity index (χ4v) is 2.55. The number of likely N-dealkylation sites (N-methyl/N-ethyl adjacent to an activating group) is 1. The van der Waals surface area contributed by atoms with Gasteiger partial charge in [0.1, 0.15) is 0 Å². The van der Waals surface area contributed by atoms with E-state index in [2.05, 4.69) is 5.32 Å². The van der Waals surface area contributed by atoms with Gasteiger partial charge in [-0.15, -0.1) is 0 Å². The van der Waals surface area contributed by atoms with E-state index in [4.69, 9.17) is 0 Å². The molecule has 0 saturated heterocycles. The van der Waals surface area contributed by atoms with Gasteiger partial charge in [0.15, 0.2) is 0 Å². The molecule has 0 fully saturated rings. The van der Waals surface area contributed by atoms with E-state index < -0.39 is 0 Å². The zero-order chi connectivity index (χ0) is 17.5. The van der Waals surface area contributed by atoms with Crippen molar-refractivity contribution in [2.45, 2.75) is 26.8 Å². The van der Waals surface area contributed by atoms with E-state index in [1.165, 1.54) is 11.0 Å². The van der Waals surface area contributed by atoms with E-state index in [1.54, 1.807) is 0 Å². The van der Waals surface area contributed by atoms with Gasteiger partial charge in [0, 0.05) is 18.7 Å². The van der Waals surface area contributed by atoms with Crippen LogP contribution in [0.4, 0.5) is 0 Å². The Morgan fingerprint density at radius 1 is 1.12 bits per heavy atom. The van der Waals surface area contributed by atoms with Crippen molar-refractivity contribution in [3.8, 4) is 0 Å². The van der Waals surface area contributed by atoms with Crippen LogP contribution in [0.2, 0.25) is 0 Å². The normalized spacial score (nSPS) is 11.2. The molecule has 1 N–H and O–H groups in total. The number of hydrogen-bond acceptors (Lipinski definition) is 2. The summed E-state index contributed by atoms with van der Waals surface area (Å²) in [6, 6.07) is 14.1. The Morgan fingerprint density at radius 3 is 2.54 bits per heavy atom. The average Bonchev–Trinajstić information content (AvgIpc) is 2.56. The summed E-state index contributed by atoms with van der Waals surface area (Å²) in [7, 11) is 0. The molecule has 24 heavy (non-hydrogen) atoms. The second-order valence-corrected chi connectivity index (χ2v) is 5.98. The first-order valence-electron chi connectivity index (χ1n) is 8.25. The monoisotopic (exact) mass is 324 g/mol. The number of nitrogens with zero attached hydrogens (tertiary/aromatic N) is 1. The van der Waals surface area contributed by atoms with Crippen LogP contribution in [0.3, 0.4) is 0 Å². The summed E-state index contributed by atoms with van der Waals surface area (Å²) in [5.74, 6) is -0.303. The molecule has 0 unspecified atom stereocenters. The largest absolute Gasteiger partial charge is 0.352 e. The molecule has 0 bridgehead atoms. The maximum Gasteiger partial charge on any atom is 0.247 e. The number of carbonyl (C=O) groups is 2. The van der Waals surface area contributed by atoms with Crippen LogP contribution in [0.15, 0.2) is 48.5 Å². The third-order valence-corrected chi connectivity index (χ3v) is 3.71. The Labute approximate surface area is 143 Å². The summed E-state index contributed by atoms with van der Waals surface area (Å²) >= 11 is 0.